The summed E-state index contributed by atoms with van der Waals surface area (Å²) in [7, 11) is 1.59. The summed E-state index contributed by atoms with van der Waals surface area (Å²) in [5.41, 5.74) is 0.696. The average molecular weight is 244 g/mol. The highest BCUT2D eigenvalue weighted by Crippen LogP contribution is 2.20. The molecule has 0 saturated carbocycles. The molecule has 0 spiro atoms. The first-order valence-corrected chi connectivity index (χ1v) is 5.94. The van der Waals surface area contributed by atoms with Crippen LogP contribution in [0.3, 0.4) is 0 Å². The maximum Gasteiger partial charge on any atom is 0.312 e. The summed E-state index contributed by atoms with van der Waals surface area (Å²) in [6, 6.07) is 0. The van der Waals surface area contributed by atoms with Crippen LogP contribution in [0.4, 0.5) is 0 Å². The van der Waals surface area contributed by atoms with Gasteiger partial charge in [-0.3, -0.25) is 10.2 Å². The smallest absolute Gasteiger partial charge is 0.312 e. The van der Waals surface area contributed by atoms with E-state index in [4.69, 9.17) is 15.3 Å². The van der Waals surface area contributed by atoms with E-state index in [0.29, 0.717) is 30.1 Å². The van der Waals surface area contributed by atoms with Gasteiger partial charge in [-0.25, -0.2) is 0 Å². The van der Waals surface area contributed by atoms with Crippen LogP contribution in [-0.4, -0.2) is 29.4 Å². The molecule has 0 radical (unpaired) electrons. The number of aliphatic carboxylic acids is 1. The Morgan fingerprint density at radius 3 is 2.94 bits per heavy atom. The Morgan fingerprint density at radius 1 is 1.75 bits per heavy atom. The van der Waals surface area contributed by atoms with Gasteiger partial charge < -0.3 is 14.4 Å². The number of nitrogens with zero attached hydrogens (tertiary/aromatic N) is 1. The van der Waals surface area contributed by atoms with Gasteiger partial charge in [-0.2, -0.15) is 0 Å². The molecule has 1 aromatic heterocycles. The number of thiazole rings is 1. The van der Waals surface area contributed by atoms with Gasteiger partial charge in [-0.15, -0.1) is 11.3 Å². The summed E-state index contributed by atoms with van der Waals surface area (Å²) < 4.78 is 6.66. The van der Waals surface area contributed by atoms with E-state index < -0.39 is 11.9 Å². The maximum absolute atomic E-state index is 11.1. The zero-order valence-corrected chi connectivity index (χ0v) is 10.2. The first-order valence-electron chi connectivity index (χ1n) is 5.06. The van der Waals surface area contributed by atoms with Crippen molar-refractivity contribution in [3.8, 4) is 0 Å². The molecule has 0 aliphatic rings. The van der Waals surface area contributed by atoms with Crippen LogP contribution >= 0.6 is 11.3 Å². The third kappa shape index (κ3) is 2.70. The molecule has 1 heterocycles. The molecule has 1 atom stereocenters. The molecule has 1 aromatic rings. The van der Waals surface area contributed by atoms with Crippen molar-refractivity contribution < 1.29 is 14.6 Å². The molecule has 0 aromatic carbocycles. The summed E-state index contributed by atoms with van der Waals surface area (Å²) >= 11 is 1.25. The second-order valence-electron chi connectivity index (χ2n) is 3.41. The molecular weight excluding hydrogens is 228 g/mol. The fourth-order valence-electron chi connectivity index (χ4n) is 1.55. The Hall–Kier alpha value is -1.14. The normalized spacial score (nSPS) is 12.6. The zero-order valence-electron chi connectivity index (χ0n) is 9.40. The predicted molar refractivity (Wildman–Crippen MR) is 60.7 cm³/mol. The van der Waals surface area contributed by atoms with Gasteiger partial charge in [0.1, 0.15) is 0 Å². The fraction of sp³-hybridized carbons (Fsp3) is 0.600. The highest BCUT2D eigenvalue weighted by Gasteiger charge is 2.21. The SMILES string of the molecule is CCC(C(=O)O)c1csc(=N)n1CCOC. The third-order valence-corrected chi connectivity index (χ3v) is 3.23. The molecule has 6 heteroatoms. The van der Waals surface area contributed by atoms with E-state index in [-0.39, 0.29) is 0 Å². The van der Waals surface area contributed by atoms with Gasteiger partial charge in [-0.1, -0.05) is 6.92 Å². The van der Waals surface area contributed by atoms with Crippen LogP contribution in [0.25, 0.3) is 0 Å². The fourth-order valence-corrected chi connectivity index (χ4v) is 2.40. The maximum atomic E-state index is 11.1. The van der Waals surface area contributed by atoms with Crippen LogP contribution in [0.15, 0.2) is 5.38 Å². The van der Waals surface area contributed by atoms with Gasteiger partial charge in [0.15, 0.2) is 4.80 Å². The van der Waals surface area contributed by atoms with Gasteiger partial charge in [-0.05, 0) is 6.42 Å². The summed E-state index contributed by atoms with van der Waals surface area (Å²) in [6.45, 7) is 2.84. The van der Waals surface area contributed by atoms with E-state index in [0.717, 1.165) is 0 Å². The number of ether oxygens (including phenoxy) is 1. The summed E-state index contributed by atoms with van der Waals surface area (Å²) in [6.07, 6.45) is 0.526. The number of methoxy groups -OCH3 is 1. The van der Waals surface area contributed by atoms with Crippen molar-refractivity contribution in [3.63, 3.8) is 0 Å². The van der Waals surface area contributed by atoms with Crippen LogP contribution in [0.2, 0.25) is 0 Å². The first-order chi connectivity index (χ1) is 7.61. The molecule has 1 rings (SSSR count). The van der Waals surface area contributed by atoms with Crippen LogP contribution in [0, 0.1) is 5.41 Å². The molecule has 0 aliphatic heterocycles. The Bertz CT molecular complexity index is 410. The Morgan fingerprint density at radius 2 is 2.44 bits per heavy atom. The Labute approximate surface area is 97.8 Å². The number of hydrogen-bond acceptors (Lipinski definition) is 4. The second-order valence-corrected chi connectivity index (χ2v) is 4.27. The van der Waals surface area contributed by atoms with Crippen molar-refractivity contribution in [1.82, 2.24) is 4.57 Å². The number of carboxylic acids is 1. The number of hydrogen-bond donors (Lipinski definition) is 2. The highest BCUT2D eigenvalue weighted by atomic mass is 32.1. The average Bonchev–Trinajstić information content (AvgIpc) is 2.58. The number of carboxylic acid groups (broad SMARTS) is 1. The number of rotatable bonds is 6. The van der Waals surface area contributed by atoms with Crippen molar-refractivity contribution >= 4 is 17.3 Å². The molecule has 2 N–H and O–H groups in total. The summed E-state index contributed by atoms with van der Waals surface area (Å²) in [4.78, 5) is 11.4. The van der Waals surface area contributed by atoms with Crippen molar-refractivity contribution in [2.45, 2.75) is 25.8 Å². The van der Waals surface area contributed by atoms with Crippen molar-refractivity contribution in [3.05, 3.63) is 15.9 Å². The van der Waals surface area contributed by atoms with Crippen molar-refractivity contribution in [2.75, 3.05) is 13.7 Å². The van der Waals surface area contributed by atoms with Crippen molar-refractivity contribution in [2.24, 2.45) is 0 Å². The topological polar surface area (TPSA) is 75.3 Å². The molecule has 0 fully saturated rings. The molecule has 1 unspecified atom stereocenters. The molecule has 0 saturated heterocycles. The summed E-state index contributed by atoms with van der Waals surface area (Å²) in [5, 5.41) is 18.5. The third-order valence-electron chi connectivity index (χ3n) is 2.43. The largest absolute Gasteiger partial charge is 0.481 e. The molecule has 5 nitrogen and oxygen atoms in total. The first kappa shape index (κ1) is 12.9. The Kier molecular flexibility index (Phi) is 4.70. The van der Waals surface area contributed by atoms with Gasteiger partial charge in [0.2, 0.25) is 0 Å². The van der Waals surface area contributed by atoms with Gasteiger partial charge >= 0.3 is 5.97 Å². The second kappa shape index (κ2) is 5.81. The number of aromatic nitrogens is 1. The van der Waals surface area contributed by atoms with Crippen LogP contribution in [0.5, 0.6) is 0 Å². The van der Waals surface area contributed by atoms with Gasteiger partial charge in [0.25, 0.3) is 0 Å². The summed E-state index contributed by atoms with van der Waals surface area (Å²) in [5.74, 6) is -1.38. The predicted octanol–water partition coefficient (Wildman–Crippen LogP) is 1.25. The minimum Gasteiger partial charge on any atom is -0.481 e. The molecule has 90 valence electrons. The molecular formula is C10H16N2O3S. The lowest BCUT2D eigenvalue weighted by atomic mass is 10.0. The minimum atomic E-state index is -0.841. The lowest BCUT2D eigenvalue weighted by molar-refractivity contribution is -0.139. The highest BCUT2D eigenvalue weighted by molar-refractivity contribution is 7.07. The van der Waals surface area contributed by atoms with Gasteiger partial charge in [0, 0.05) is 24.7 Å². The molecule has 16 heavy (non-hydrogen) atoms. The molecule has 0 aliphatic carbocycles. The van der Waals surface area contributed by atoms with E-state index in [1.807, 2.05) is 6.92 Å². The standard InChI is InChI=1S/C10H16N2O3S/c1-3-7(9(13)14)8-6-16-10(11)12(8)4-5-15-2/h6-7,11H,3-5H2,1-2H3,(H,13,14). The van der Waals surface area contributed by atoms with Crippen LogP contribution < -0.4 is 4.80 Å². The van der Waals surface area contributed by atoms with Crippen LogP contribution in [-0.2, 0) is 16.1 Å². The van der Waals surface area contributed by atoms with E-state index >= 15 is 0 Å². The Balaban J connectivity index is 3.03. The number of nitrogens with one attached hydrogen (secondary N) is 1. The van der Waals surface area contributed by atoms with E-state index in [1.54, 1.807) is 17.1 Å². The quantitative estimate of drug-likeness (QED) is 0.791. The molecule has 0 amide bonds. The van der Waals surface area contributed by atoms with E-state index in [1.165, 1.54) is 11.3 Å². The lowest BCUT2D eigenvalue weighted by Gasteiger charge is -2.13. The van der Waals surface area contributed by atoms with E-state index in [9.17, 15) is 4.79 Å². The van der Waals surface area contributed by atoms with Crippen LogP contribution in [0.1, 0.15) is 25.0 Å². The van der Waals surface area contributed by atoms with Gasteiger partial charge in [0.05, 0.1) is 12.5 Å². The van der Waals surface area contributed by atoms with E-state index in [2.05, 4.69) is 0 Å². The van der Waals surface area contributed by atoms with Crippen molar-refractivity contribution in [1.29, 1.82) is 5.41 Å². The lowest BCUT2D eigenvalue weighted by Crippen LogP contribution is -2.23. The number of carbonyl (C=O) groups is 1. The molecule has 0 bridgehead atoms. The monoisotopic (exact) mass is 244 g/mol. The minimum absolute atomic E-state index is 0.367. The zero-order chi connectivity index (χ0) is 12.1.